The summed E-state index contributed by atoms with van der Waals surface area (Å²) in [5.41, 5.74) is 7.64. The quantitative estimate of drug-likeness (QED) is 0.770. The van der Waals surface area contributed by atoms with E-state index in [2.05, 4.69) is 16.2 Å². The molecule has 3 rings (SSSR count). The van der Waals surface area contributed by atoms with Crippen LogP contribution < -0.4 is 5.73 Å². The highest BCUT2D eigenvalue weighted by molar-refractivity contribution is 5.76. The molecule has 140 valence electrons. The van der Waals surface area contributed by atoms with Crippen molar-refractivity contribution in [3.05, 3.63) is 35.7 Å². The van der Waals surface area contributed by atoms with E-state index >= 15 is 0 Å². The summed E-state index contributed by atoms with van der Waals surface area (Å²) in [7, 11) is 0. The molecule has 0 bridgehead atoms. The van der Waals surface area contributed by atoms with Crippen molar-refractivity contribution in [1.82, 2.24) is 15.0 Å². The van der Waals surface area contributed by atoms with E-state index in [0.717, 1.165) is 50.8 Å². The first-order chi connectivity index (χ1) is 12.7. The molecular weight excluding hydrogens is 328 g/mol. The number of nitrogens with two attached hydrogens (primary N) is 1. The molecule has 0 unspecified atom stereocenters. The van der Waals surface area contributed by atoms with Gasteiger partial charge in [-0.2, -0.15) is 4.98 Å². The van der Waals surface area contributed by atoms with Gasteiger partial charge < -0.3 is 15.2 Å². The van der Waals surface area contributed by atoms with Crippen LogP contribution in [0.1, 0.15) is 55.9 Å². The normalized spacial score (nSPS) is 15.4. The zero-order valence-corrected chi connectivity index (χ0v) is 15.5. The molecule has 0 aliphatic carbocycles. The number of amides is 1. The Bertz CT molecular complexity index is 720. The molecule has 0 saturated carbocycles. The third-order valence-electron chi connectivity index (χ3n) is 5.01. The average molecular weight is 356 g/mol. The van der Waals surface area contributed by atoms with Crippen LogP contribution in [0.3, 0.4) is 0 Å². The number of carbonyl (C=O) groups is 1. The molecule has 26 heavy (non-hydrogen) atoms. The van der Waals surface area contributed by atoms with E-state index in [1.54, 1.807) is 0 Å². The van der Waals surface area contributed by atoms with Crippen LogP contribution in [-0.4, -0.2) is 40.6 Å². The van der Waals surface area contributed by atoms with Crippen molar-refractivity contribution in [2.75, 3.05) is 19.6 Å². The molecule has 1 amide bonds. The molecule has 1 aromatic heterocycles. The summed E-state index contributed by atoms with van der Waals surface area (Å²) in [6.07, 6.45) is 5.34. The molecule has 1 fully saturated rings. The van der Waals surface area contributed by atoms with Gasteiger partial charge in [0.05, 0.1) is 0 Å². The summed E-state index contributed by atoms with van der Waals surface area (Å²) in [4.78, 5) is 18.8. The molecule has 1 aliphatic rings. The first-order valence-electron chi connectivity index (χ1n) is 9.56. The third kappa shape index (κ3) is 4.69. The Morgan fingerprint density at radius 2 is 2.08 bits per heavy atom. The van der Waals surface area contributed by atoms with Crippen molar-refractivity contribution >= 4 is 5.91 Å². The Labute approximate surface area is 154 Å². The van der Waals surface area contributed by atoms with Crippen molar-refractivity contribution in [2.24, 2.45) is 5.73 Å². The van der Waals surface area contributed by atoms with Crippen molar-refractivity contribution in [2.45, 2.75) is 51.4 Å². The van der Waals surface area contributed by atoms with Gasteiger partial charge in [-0.15, -0.1) is 0 Å². The van der Waals surface area contributed by atoms with Crippen LogP contribution in [0.4, 0.5) is 0 Å². The van der Waals surface area contributed by atoms with Crippen molar-refractivity contribution < 1.29 is 9.32 Å². The minimum Gasteiger partial charge on any atom is -0.343 e. The van der Waals surface area contributed by atoms with E-state index in [1.807, 2.05) is 30.0 Å². The fourth-order valence-electron chi connectivity index (χ4n) is 3.43. The summed E-state index contributed by atoms with van der Waals surface area (Å²) in [5, 5.41) is 4.14. The summed E-state index contributed by atoms with van der Waals surface area (Å²) < 4.78 is 5.51. The van der Waals surface area contributed by atoms with Crippen LogP contribution >= 0.6 is 0 Å². The molecule has 6 heteroatoms. The van der Waals surface area contributed by atoms with Crippen molar-refractivity contribution in [3.8, 4) is 11.4 Å². The van der Waals surface area contributed by atoms with Crippen molar-refractivity contribution in [3.63, 3.8) is 0 Å². The molecule has 0 radical (unpaired) electrons. The molecule has 1 saturated heterocycles. The van der Waals surface area contributed by atoms with Crippen molar-refractivity contribution in [1.29, 1.82) is 0 Å². The van der Waals surface area contributed by atoms with Gasteiger partial charge in [0.1, 0.15) is 0 Å². The SMILES string of the molecule is Cc1cccc(-c2noc(C3CCN(C(=O)CCCCCN)CC3)n2)c1. The summed E-state index contributed by atoms with van der Waals surface area (Å²) >= 11 is 0. The second kappa shape index (κ2) is 8.94. The van der Waals surface area contributed by atoms with E-state index in [-0.39, 0.29) is 11.8 Å². The molecule has 2 N–H and O–H groups in total. The number of aryl methyl sites for hydroxylation is 1. The highest BCUT2D eigenvalue weighted by atomic mass is 16.5. The number of benzene rings is 1. The number of aromatic nitrogens is 2. The zero-order chi connectivity index (χ0) is 18.4. The zero-order valence-electron chi connectivity index (χ0n) is 15.5. The van der Waals surface area contributed by atoms with E-state index < -0.39 is 0 Å². The minimum atomic E-state index is 0.238. The Morgan fingerprint density at radius 1 is 1.27 bits per heavy atom. The smallest absolute Gasteiger partial charge is 0.230 e. The first kappa shape index (κ1) is 18.6. The van der Waals surface area contributed by atoms with Gasteiger partial charge in [0.15, 0.2) is 0 Å². The molecule has 6 nitrogen and oxygen atoms in total. The van der Waals surface area contributed by atoms with E-state index in [0.29, 0.717) is 24.7 Å². The topological polar surface area (TPSA) is 85.2 Å². The Kier molecular flexibility index (Phi) is 6.39. The fraction of sp³-hybridized carbons (Fsp3) is 0.550. The maximum absolute atomic E-state index is 12.3. The van der Waals surface area contributed by atoms with Crippen LogP contribution in [0.25, 0.3) is 11.4 Å². The van der Waals surface area contributed by atoms with Gasteiger partial charge in [-0.05, 0) is 45.2 Å². The molecule has 0 spiro atoms. The molecular formula is C20H28N4O2. The predicted molar refractivity (Wildman–Crippen MR) is 101 cm³/mol. The van der Waals surface area contributed by atoms with E-state index in [4.69, 9.17) is 10.3 Å². The highest BCUT2D eigenvalue weighted by Gasteiger charge is 2.27. The second-order valence-corrected chi connectivity index (χ2v) is 7.08. The van der Waals surface area contributed by atoms with Gasteiger partial charge >= 0.3 is 0 Å². The maximum atomic E-state index is 12.3. The van der Waals surface area contributed by atoms with Crippen LogP contribution in [0, 0.1) is 6.92 Å². The maximum Gasteiger partial charge on any atom is 0.230 e. The lowest BCUT2D eigenvalue weighted by Crippen LogP contribution is -2.37. The summed E-state index contributed by atoms with van der Waals surface area (Å²) in [6.45, 7) is 4.28. The van der Waals surface area contributed by atoms with Gasteiger partial charge in [-0.1, -0.05) is 35.3 Å². The molecule has 1 aliphatic heterocycles. The highest BCUT2D eigenvalue weighted by Crippen LogP contribution is 2.29. The lowest BCUT2D eigenvalue weighted by Gasteiger charge is -2.30. The van der Waals surface area contributed by atoms with Crippen LogP contribution in [0.15, 0.2) is 28.8 Å². The fourth-order valence-corrected chi connectivity index (χ4v) is 3.43. The largest absolute Gasteiger partial charge is 0.343 e. The Hall–Kier alpha value is -2.21. The Morgan fingerprint density at radius 3 is 2.81 bits per heavy atom. The van der Waals surface area contributed by atoms with Crippen LogP contribution in [0.2, 0.25) is 0 Å². The number of hydrogen-bond acceptors (Lipinski definition) is 5. The Balaban J connectivity index is 1.51. The number of carbonyl (C=O) groups excluding carboxylic acids is 1. The first-order valence-corrected chi connectivity index (χ1v) is 9.56. The van der Waals surface area contributed by atoms with Gasteiger partial charge in [0, 0.05) is 31.0 Å². The van der Waals surface area contributed by atoms with Crippen LogP contribution in [-0.2, 0) is 4.79 Å². The van der Waals surface area contributed by atoms with Crippen LogP contribution in [0.5, 0.6) is 0 Å². The summed E-state index contributed by atoms with van der Waals surface area (Å²) in [5.74, 6) is 1.83. The number of hydrogen-bond donors (Lipinski definition) is 1. The van der Waals surface area contributed by atoms with Gasteiger partial charge in [-0.3, -0.25) is 4.79 Å². The number of nitrogens with zero attached hydrogens (tertiary/aromatic N) is 3. The van der Waals surface area contributed by atoms with Gasteiger partial charge in [0.2, 0.25) is 17.6 Å². The molecule has 2 heterocycles. The lowest BCUT2D eigenvalue weighted by molar-refractivity contribution is -0.132. The van der Waals surface area contributed by atoms with E-state index in [9.17, 15) is 4.79 Å². The second-order valence-electron chi connectivity index (χ2n) is 7.08. The van der Waals surface area contributed by atoms with Gasteiger partial charge in [-0.25, -0.2) is 0 Å². The monoisotopic (exact) mass is 356 g/mol. The summed E-state index contributed by atoms with van der Waals surface area (Å²) in [6, 6.07) is 8.10. The lowest BCUT2D eigenvalue weighted by atomic mass is 9.96. The molecule has 2 aromatic rings. The number of unbranched alkanes of at least 4 members (excludes halogenated alkanes) is 2. The average Bonchev–Trinajstić information content (AvgIpc) is 3.15. The van der Waals surface area contributed by atoms with Gasteiger partial charge in [0.25, 0.3) is 0 Å². The third-order valence-corrected chi connectivity index (χ3v) is 5.01. The van der Waals surface area contributed by atoms with E-state index in [1.165, 1.54) is 5.56 Å². The standard InChI is InChI=1S/C20H28N4O2/c1-15-6-5-7-17(14-15)19-22-20(26-23-19)16-9-12-24(13-10-16)18(25)8-3-2-4-11-21/h5-7,14,16H,2-4,8-13,21H2,1H3. The number of piperidine rings is 1. The number of likely N-dealkylation sites (tertiary alicyclic amines) is 1. The molecule has 0 atom stereocenters. The predicted octanol–water partition coefficient (Wildman–Crippen LogP) is 3.27. The molecule has 1 aromatic carbocycles. The minimum absolute atomic E-state index is 0.238. The number of rotatable bonds is 7.